The zero-order chi connectivity index (χ0) is 13.2. The number of carbonyl (C=O) groups is 2. The van der Waals surface area contributed by atoms with Gasteiger partial charge in [-0.2, -0.15) is 0 Å². The van der Waals surface area contributed by atoms with E-state index < -0.39 is 5.54 Å². The Balaban J connectivity index is 1.95. The normalized spacial score (nSPS) is 15.9. The van der Waals surface area contributed by atoms with E-state index in [0.29, 0.717) is 12.1 Å². The molecule has 0 radical (unpaired) electrons. The Bertz CT molecular complexity index is 464. The minimum absolute atomic E-state index is 0.0364. The Morgan fingerprint density at radius 1 is 1.28 bits per heavy atom. The molecule has 0 atom stereocenters. The molecule has 0 spiro atoms. The standard InChI is InChI=1S/C13H17N3O2/c1-15-11(17)8-9-2-4-10(5-3-9)16-12(18)13(14)6-7-13/h2-5H,6-8,14H2,1H3,(H,15,17)(H,16,18). The molecule has 1 aliphatic carbocycles. The van der Waals surface area contributed by atoms with Gasteiger partial charge in [0.15, 0.2) is 0 Å². The van der Waals surface area contributed by atoms with Crippen molar-refractivity contribution in [1.82, 2.24) is 5.32 Å². The maximum Gasteiger partial charge on any atom is 0.244 e. The van der Waals surface area contributed by atoms with Crippen LogP contribution in [0.5, 0.6) is 0 Å². The Labute approximate surface area is 106 Å². The van der Waals surface area contributed by atoms with Crippen LogP contribution in [0.3, 0.4) is 0 Å². The van der Waals surface area contributed by atoms with Crippen LogP contribution in [0.2, 0.25) is 0 Å². The second kappa shape index (κ2) is 4.78. The highest BCUT2D eigenvalue weighted by Crippen LogP contribution is 2.33. The molecule has 4 N–H and O–H groups in total. The maximum absolute atomic E-state index is 11.7. The molecular formula is C13H17N3O2. The molecule has 5 heteroatoms. The van der Waals surface area contributed by atoms with Crippen molar-refractivity contribution in [2.24, 2.45) is 5.73 Å². The Morgan fingerprint density at radius 3 is 2.39 bits per heavy atom. The predicted molar refractivity (Wildman–Crippen MR) is 69.0 cm³/mol. The van der Waals surface area contributed by atoms with Crippen molar-refractivity contribution < 1.29 is 9.59 Å². The van der Waals surface area contributed by atoms with Crippen LogP contribution in [0.15, 0.2) is 24.3 Å². The zero-order valence-electron chi connectivity index (χ0n) is 10.3. The number of rotatable bonds is 4. The summed E-state index contributed by atoms with van der Waals surface area (Å²) in [4.78, 5) is 22.9. The van der Waals surface area contributed by atoms with Gasteiger partial charge >= 0.3 is 0 Å². The predicted octanol–water partition coefficient (Wildman–Crippen LogP) is 0.405. The SMILES string of the molecule is CNC(=O)Cc1ccc(NC(=O)C2(N)CC2)cc1. The van der Waals surface area contributed by atoms with Gasteiger partial charge in [0.2, 0.25) is 11.8 Å². The van der Waals surface area contributed by atoms with Crippen LogP contribution >= 0.6 is 0 Å². The quantitative estimate of drug-likeness (QED) is 0.720. The molecule has 0 aromatic heterocycles. The molecule has 0 bridgehead atoms. The van der Waals surface area contributed by atoms with Crippen molar-refractivity contribution in [1.29, 1.82) is 0 Å². The minimum Gasteiger partial charge on any atom is -0.359 e. The number of anilines is 1. The minimum atomic E-state index is -0.666. The molecule has 0 aliphatic heterocycles. The Morgan fingerprint density at radius 2 is 1.89 bits per heavy atom. The largest absolute Gasteiger partial charge is 0.359 e. The van der Waals surface area contributed by atoms with Crippen molar-refractivity contribution in [3.8, 4) is 0 Å². The van der Waals surface area contributed by atoms with Gasteiger partial charge in [-0.15, -0.1) is 0 Å². The van der Waals surface area contributed by atoms with Crippen molar-refractivity contribution >= 4 is 17.5 Å². The van der Waals surface area contributed by atoms with Crippen LogP contribution in [0.25, 0.3) is 0 Å². The van der Waals surface area contributed by atoms with Crippen molar-refractivity contribution in [2.75, 3.05) is 12.4 Å². The summed E-state index contributed by atoms with van der Waals surface area (Å²) < 4.78 is 0. The number of hydrogen-bond donors (Lipinski definition) is 3. The van der Waals surface area contributed by atoms with E-state index in [0.717, 1.165) is 18.4 Å². The lowest BCUT2D eigenvalue weighted by atomic mass is 10.1. The van der Waals surface area contributed by atoms with Crippen molar-refractivity contribution in [3.63, 3.8) is 0 Å². The Kier molecular flexibility index (Phi) is 3.34. The lowest BCUT2D eigenvalue weighted by molar-refractivity contribution is -0.120. The first-order valence-electron chi connectivity index (χ1n) is 5.93. The van der Waals surface area contributed by atoms with Gasteiger partial charge in [-0.3, -0.25) is 9.59 Å². The van der Waals surface area contributed by atoms with E-state index in [9.17, 15) is 9.59 Å². The molecule has 96 valence electrons. The number of nitrogens with two attached hydrogens (primary N) is 1. The number of likely N-dealkylation sites (N-methyl/N-ethyl adjacent to an activating group) is 1. The number of carbonyl (C=O) groups excluding carboxylic acids is 2. The summed E-state index contributed by atoms with van der Waals surface area (Å²) in [5, 5.41) is 5.34. The van der Waals surface area contributed by atoms with Gasteiger partial charge in [-0.1, -0.05) is 12.1 Å². The molecule has 1 aromatic carbocycles. The molecule has 2 rings (SSSR count). The number of amides is 2. The molecule has 18 heavy (non-hydrogen) atoms. The average Bonchev–Trinajstić information content (AvgIpc) is 3.11. The van der Waals surface area contributed by atoms with E-state index in [2.05, 4.69) is 10.6 Å². The van der Waals surface area contributed by atoms with Crippen LogP contribution in [-0.4, -0.2) is 24.4 Å². The highest BCUT2D eigenvalue weighted by Gasteiger charge is 2.45. The van der Waals surface area contributed by atoms with Gasteiger partial charge in [0.25, 0.3) is 0 Å². The number of nitrogens with one attached hydrogen (secondary N) is 2. The fourth-order valence-corrected chi connectivity index (χ4v) is 1.60. The highest BCUT2D eigenvalue weighted by molar-refractivity contribution is 6.00. The molecule has 0 saturated heterocycles. The molecule has 0 heterocycles. The van der Waals surface area contributed by atoms with Crippen LogP contribution in [-0.2, 0) is 16.0 Å². The van der Waals surface area contributed by atoms with Crippen LogP contribution in [0.4, 0.5) is 5.69 Å². The summed E-state index contributed by atoms with van der Waals surface area (Å²) >= 11 is 0. The van der Waals surface area contributed by atoms with E-state index >= 15 is 0 Å². The first kappa shape index (κ1) is 12.6. The summed E-state index contributed by atoms with van der Waals surface area (Å²) in [6, 6.07) is 7.20. The van der Waals surface area contributed by atoms with Gasteiger partial charge in [0.05, 0.1) is 12.0 Å². The second-order valence-electron chi connectivity index (χ2n) is 4.66. The van der Waals surface area contributed by atoms with E-state index in [1.54, 1.807) is 19.2 Å². The van der Waals surface area contributed by atoms with Crippen LogP contribution in [0, 0.1) is 0 Å². The summed E-state index contributed by atoms with van der Waals surface area (Å²) in [5.41, 5.74) is 6.73. The molecular weight excluding hydrogens is 230 g/mol. The van der Waals surface area contributed by atoms with Crippen molar-refractivity contribution in [3.05, 3.63) is 29.8 Å². The first-order chi connectivity index (χ1) is 8.53. The highest BCUT2D eigenvalue weighted by atomic mass is 16.2. The van der Waals surface area contributed by atoms with Crippen LogP contribution in [0.1, 0.15) is 18.4 Å². The van der Waals surface area contributed by atoms with E-state index in [-0.39, 0.29) is 11.8 Å². The van der Waals surface area contributed by atoms with E-state index in [4.69, 9.17) is 5.73 Å². The van der Waals surface area contributed by atoms with Gasteiger partial charge in [-0.05, 0) is 30.5 Å². The van der Waals surface area contributed by atoms with E-state index in [1.165, 1.54) is 0 Å². The first-order valence-corrected chi connectivity index (χ1v) is 5.93. The lowest BCUT2D eigenvalue weighted by Gasteiger charge is -2.10. The topological polar surface area (TPSA) is 84.2 Å². The average molecular weight is 247 g/mol. The monoisotopic (exact) mass is 247 g/mol. The molecule has 1 aliphatic rings. The number of hydrogen-bond acceptors (Lipinski definition) is 3. The molecule has 5 nitrogen and oxygen atoms in total. The van der Waals surface area contributed by atoms with Crippen molar-refractivity contribution in [2.45, 2.75) is 24.8 Å². The molecule has 1 aromatic rings. The fraction of sp³-hybridized carbons (Fsp3) is 0.385. The third-order valence-corrected chi connectivity index (χ3v) is 3.10. The molecule has 1 saturated carbocycles. The fourth-order valence-electron chi connectivity index (χ4n) is 1.60. The summed E-state index contributed by atoms with van der Waals surface area (Å²) in [6.45, 7) is 0. The van der Waals surface area contributed by atoms with E-state index in [1.807, 2.05) is 12.1 Å². The zero-order valence-corrected chi connectivity index (χ0v) is 10.3. The smallest absolute Gasteiger partial charge is 0.244 e. The number of benzene rings is 1. The van der Waals surface area contributed by atoms with Gasteiger partial charge in [-0.25, -0.2) is 0 Å². The maximum atomic E-state index is 11.7. The summed E-state index contributed by atoms with van der Waals surface area (Å²) in [7, 11) is 1.60. The molecule has 0 unspecified atom stereocenters. The summed E-state index contributed by atoms with van der Waals surface area (Å²) in [6.07, 6.45) is 1.83. The van der Waals surface area contributed by atoms with Gasteiger partial charge < -0.3 is 16.4 Å². The molecule has 2 amide bonds. The molecule has 1 fully saturated rings. The summed E-state index contributed by atoms with van der Waals surface area (Å²) in [5.74, 6) is -0.174. The Hall–Kier alpha value is -1.88. The second-order valence-corrected chi connectivity index (χ2v) is 4.66. The van der Waals surface area contributed by atoms with Crippen LogP contribution < -0.4 is 16.4 Å². The lowest BCUT2D eigenvalue weighted by Crippen LogP contribution is -2.37. The third kappa shape index (κ3) is 2.87. The van der Waals surface area contributed by atoms with Gasteiger partial charge in [0, 0.05) is 12.7 Å². The van der Waals surface area contributed by atoms with Gasteiger partial charge in [0.1, 0.15) is 0 Å². The third-order valence-electron chi connectivity index (χ3n) is 3.10.